The maximum atomic E-state index is 12.3. The molecule has 0 unspecified atom stereocenters. The molecule has 5 heteroatoms. The zero-order chi connectivity index (χ0) is 17.8. The number of carbonyl (C=O) groups excluding carboxylic acids is 1. The van der Waals surface area contributed by atoms with E-state index in [9.17, 15) is 14.7 Å². The molecule has 1 aromatic rings. The Morgan fingerprint density at radius 2 is 1.92 bits per heavy atom. The fourth-order valence-electron chi connectivity index (χ4n) is 3.75. The molecule has 0 aromatic heterocycles. The largest absolute Gasteiger partial charge is 0.479 e. The molecule has 24 heavy (non-hydrogen) atoms. The number of carboxylic acids is 1. The van der Waals surface area contributed by atoms with E-state index in [4.69, 9.17) is 4.74 Å². The fraction of sp³-hybridized carbons (Fsp3) is 0.579. The fourth-order valence-corrected chi connectivity index (χ4v) is 3.75. The molecule has 5 nitrogen and oxygen atoms in total. The monoisotopic (exact) mass is 333 g/mol. The third-order valence-electron chi connectivity index (χ3n) is 4.87. The van der Waals surface area contributed by atoms with E-state index in [1.807, 2.05) is 51.1 Å². The van der Waals surface area contributed by atoms with Crippen LogP contribution < -0.4 is 5.32 Å². The first-order chi connectivity index (χ1) is 11.3. The molecule has 0 heterocycles. The third-order valence-corrected chi connectivity index (χ3v) is 4.87. The van der Waals surface area contributed by atoms with Crippen LogP contribution in [0.15, 0.2) is 30.3 Å². The van der Waals surface area contributed by atoms with Crippen LogP contribution in [0.5, 0.6) is 0 Å². The smallest absolute Gasteiger partial charge is 0.408 e. The van der Waals surface area contributed by atoms with Crippen molar-refractivity contribution in [2.24, 2.45) is 11.3 Å². The number of aliphatic carboxylic acids is 1. The molecule has 2 atom stereocenters. The lowest BCUT2D eigenvalue weighted by molar-refractivity contribution is -0.152. The molecular formula is C19H27NO4. The Morgan fingerprint density at radius 3 is 2.50 bits per heavy atom. The molecule has 1 aromatic carbocycles. The molecule has 0 radical (unpaired) electrons. The second kappa shape index (κ2) is 7.24. The molecule has 0 aliphatic heterocycles. The Morgan fingerprint density at radius 1 is 1.25 bits per heavy atom. The summed E-state index contributed by atoms with van der Waals surface area (Å²) in [7, 11) is 0. The van der Waals surface area contributed by atoms with Gasteiger partial charge in [0.1, 0.15) is 12.1 Å². The van der Waals surface area contributed by atoms with Crippen LogP contribution in [0.3, 0.4) is 0 Å². The maximum Gasteiger partial charge on any atom is 0.408 e. The van der Waals surface area contributed by atoms with E-state index in [1.54, 1.807) is 0 Å². The molecule has 1 amide bonds. The molecule has 1 aliphatic carbocycles. The van der Waals surface area contributed by atoms with Gasteiger partial charge in [-0.15, -0.1) is 0 Å². The molecule has 0 saturated heterocycles. The van der Waals surface area contributed by atoms with E-state index in [2.05, 4.69) is 5.32 Å². The number of benzene rings is 1. The molecule has 1 aliphatic rings. The minimum Gasteiger partial charge on any atom is -0.479 e. The van der Waals surface area contributed by atoms with E-state index in [1.165, 1.54) is 0 Å². The number of hydrogen-bond acceptors (Lipinski definition) is 3. The first kappa shape index (κ1) is 18.3. The first-order valence-corrected chi connectivity index (χ1v) is 8.48. The summed E-state index contributed by atoms with van der Waals surface area (Å²) in [4.78, 5) is 24.3. The number of hydrogen-bond donors (Lipinski definition) is 2. The standard InChI is InChI=1S/C19H27NO4/c1-18(2,3)15-11-7-8-12-19(15,16(21)22)20-17(23)24-13-14-9-5-4-6-10-14/h4-6,9-10,15H,7-8,11-13H2,1-3H3,(H,20,23)(H,21,22)/t15-,19+/m1/s1. The Kier molecular flexibility index (Phi) is 5.52. The lowest BCUT2D eigenvalue weighted by atomic mass is 9.62. The highest BCUT2D eigenvalue weighted by molar-refractivity contribution is 5.85. The van der Waals surface area contributed by atoms with Crippen LogP contribution in [0, 0.1) is 11.3 Å². The molecule has 1 fully saturated rings. The van der Waals surface area contributed by atoms with Crippen LogP contribution in [-0.2, 0) is 16.1 Å². The van der Waals surface area contributed by atoms with Gasteiger partial charge in [0.25, 0.3) is 0 Å². The van der Waals surface area contributed by atoms with Gasteiger partial charge in [0, 0.05) is 0 Å². The zero-order valence-electron chi connectivity index (χ0n) is 14.7. The van der Waals surface area contributed by atoms with Crippen LogP contribution in [0.1, 0.15) is 52.0 Å². The van der Waals surface area contributed by atoms with Gasteiger partial charge in [-0.3, -0.25) is 0 Å². The van der Waals surface area contributed by atoms with E-state index in [0.29, 0.717) is 6.42 Å². The van der Waals surface area contributed by atoms with Gasteiger partial charge >= 0.3 is 12.1 Å². The summed E-state index contributed by atoms with van der Waals surface area (Å²) < 4.78 is 5.25. The second-order valence-corrected chi connectivity index (χ2v) is 7.63. The van der Waals surface area contributed by atoms with Gasteiger partial charge in [0.2, 0.25) is 0 Å². The van der Waals surface area contributed by atoms with Gasteiger partial charge in [0.15, 0.2) is 0 Å². The zero-order valence-corrected chi connectivity index (χ0v) is 14.7. The van der Waals surface area contributed by atoms with E-state index in [-0.39, 0.29) is 17.9 Å². The van der Waals surface area contributed by atoms with Crippen molar-refractivity contribution in [3.05, 3.63) is 35.9 Å². The molecule has 2 N–H and O–H groups in total. The Hall–Kier alpha value is -2.04. The highest BCUT2D eigenvalue weighted by Gasteiger charge is 2.52. The molecule has 0 bridgehead atoms. The number of alkyl carbamates (subject to hydrolysis) is 1. The minimum absolute atomic E-state index is 0.128. The van der Waals surface area contributed by atoms with E-state index in [0.717, 1.165) is 24.8 Å². The molecule has 132 valence electrons. The SMILES string of the molecule is CC(C)(C)[C@H]1CCCC[C@@]1(NC(=O)OCc1ccccc1)C(=O)O. The molecule has 1 saturated carbocycles. The number of ether oxygens (including phenoxy) is 1. The second-order valence-electron chi connectivity index (χ2n) is 7.63. The first-order valence-electron chi connectivity index (χ1n) is 8.48. The van der Waals surface area contributed by atoms with E-state index >= 15 is 0 Å². The summed E-state index contributed by atoms with van der Waals surface area (Å²) in [5.74, 6) is -1.11. The van der Waals surface area contributed by atoms with Crippen LogP contribution in [0.2, 0.25) is 0 Å². The Labute approximate surface area is 143 Å². The van der Waals surface area contributed by atoms with Crippen molar-refractivity contribution in [3.8, 4) is 0 Å². The number of nitrogens with one attached hydrogen (secondary N) is 1. The van der Waals surface area contributed by atoms with Gasteiger partial charge in [-0.1, -0.05) is 63.9 Å². The normalized spacial score (nSPS) is 24.2. The van der Waals surface area contributed by atoms with Gasteiger partial charge in [-0.05, 0) is 29.7 Å². The van der Waals surface area contributed by atoms with Crippen molar-refractivity contribution in [2.75, 3.05) is 0 Å². The maximum absolute atomic E-state index is 12.3. The predicted molar refractivity (Wildman–Crippen MR) is 91.5 cm³/mol. The summed E-state index contributed by atoms with van der Waals surface area (Å²) in [6.45, 7) is 6.20. The number of amides is 1. The van der Waals surface area contributed by atoms with Crippen molar-refractivity contribution in [1.82, 2.24) is 5.32 Å². The highest BCUT2D eigenvalue weighted by atomic mass is 16.5. The van der Waals surface area contributed by atoms with Gasteiger partial charge in [-0.25, -0.2) is 9.59 Å². The molecule has 0 spiro atoms. The van der Waals surface area contributed by atoms with Crippen molar-refractivity contribution < 1.29 is 19.4 Å². The summed E-state index contributed by atoms with van der Waals surface area (Å²) >= 11 is 0. The summed E-state index contributed by atoms with van der Waals surface area (Å²) in [5, 5.41) is 12.6. The average Bonchev–Trinajstić information content (AvgIpc) is 2.53. The average molecular weight is 333 g/mol. The Balaban J connectivity index is 2.11. The van der Waals surface area contributed by atoms with Crippen molar-refractivity contribution in [2.45, 2.75) is 58.6 Å². The Bertz CT molecular complexity index is 579. The number of carboxylic acid groups (broad SMARTS) is 1. The van der Waals surface area contributed by atoms with Crippen molar-refractivity contribution in [1.29, 1.82) is 0 Å². The topological polar surface area (TPSA) is 75.6 Å². The van der Waals surface area contributed by atoms with E-state index < -0.39 is 17.6 Å². The van der Waals surface area contributed by atoms with Crippen LogP contribution in [0.25, 0.3) is 0 Å². The predicted octanol–water partition coefficient (Wildman–Crippen LogP) is 3.97. The summed E-state index contributed by atoms with van der Waals surface area (Å²) in [6, 6.07) is 9.34. The summed E-state index contributed by atoms with van der Waals surface area (Å²) in [5.41, 5.74) is -0.608. The summed E-state index contributed by atoms with van der Waals surface area (Å²) in [6.07, 6.45) is 2.33. The van der Waals surface area contributed by atoms with Crippen LogP contribution in [-0.4, -0.2) is 22.7 Å². The lowest BCUT2D eigenvalue weighted by Crippen LogP contribution is -2.63. The van der Waals surface area contributed by atoms with Crippen LogP contribution in [0.4, 0.5) is 4.79 Å². The van der Waals surface area contributed by atoms with Crippen LogP contribution >= 0.6 is 0 Å². The third kappa shape index (κ3) is 4.08. The number of carbonyl (C=O) groups is 2. The van der Waals surface area contributed by atoms with Crippen molar-refractivity contribution in [3.63, 3.8) is 0 Å². The quantitative estimate of drug-likeness (QED) is 0.874. The molecular weight excluding hydrogens is 306 g/mol. The molecule has 2 rings (SSSR count). The van der Waals surface area contributed by atoms with Gasteiger partial charge < -0.3 is 15.2 Å². The highest BCUT2D eigenvalue weighted by Crippen LogP contribution is 2.44. The van der Waals surface area contributed by atoms with Gasteiger partial charge in [0.05, 0.1) is 0 Å². The van der Waals surface area contributed by atoms with Crippen molar-refractivity contribution >= 4 is 12.1 Å². The number of rotatable bonds is 4. The lowest BCUT2D eigenvalue weighted by Gasteiger charge is -2.47. The minimum atomic E-state index is -1.26. The van der Waals surface area contributed by atoms with Gasteiger partial charge in [-0.2, -0.15) is 0 Å².